The maximum absolute atomic E-state index is 9.77. The van der Waals surface area contributed by atoms with Crippen LogP contribution < -0.4 is 10.6 Å². The van der Waals surface area contributed by atoms with E-state index in [0.717, 1.165) is 24.9 Å². The summed E-state index contributed by atoms with van der Waals surface area (Å²) in [4.78, 5) is 46.0. The number of aromatic nitrogens is 1. The summed E-state index contributed by atoms with van der Waals surface area (Å²) in [5.41, 5.74) is 8.23. The highest BCUT2D eigenvalue weighted by molar-refractivity contribution is 5.83. The maximum atomic E-state index is 9.77. The number of hydrogen-bond donors (Lipinski definition) is 9. The number of pyridine rings is 1. The number of aliphatic hydroxyl groups is 4. The molecule has 1 saturated carbocycles. The zero-order chi connectivity index (χ0) is 27.7. The molecule has 202 valence electrons. The van der Waals surface area contributed by atoms with Crippen LogP contribution in [0.1, 0.15) is 24.8 Å². The number of aliphatic carboxylic acids is 4. The van der Waals surface area contributed by atoms with Crippen LogP contribution in [0.25, 0.3) is 0 Å². The Bertz CT molecular complexity index is 857. The van der Waals surface area contributed by atoms with E-state index in [4.69, 9.17) is 46.6 Å². The van der Waals surface area contributed by atoms with E-state index < -0.39 is 48.3 Å². The Labute approximate surface area is 205 Å². The smallest absolute Gasteiger partial charge is 0.335 e. The number of hydrogen-bond acceptors (Lipinski definition) is 11. The highest BCUT2D eigenvalue weighted by atomic mass is 16.4. The molecule has 1 saturated heterocycles. The summed E-state index contributed by atoms with van der Waals surface area (Å²) in [6, 6.07) is 3.68. The second-order valence-electron chi connectivity index (χ2n) is 8.29. The Balaban J connectivity index is 0.000000287. The molecule has 10 N–H and O–H groups in total. The van der Waals surface area contributed by atoms with Crippen molar-refractivity contribution in [3.8, 4) is 0 Å². The number of carbonyl (C=O) groups is 4. The molecule has 1 aliphatic carbocycles. The van der Waals surface area contributed by atoms with E-state index in [1.54, 1.807) is 0 Å². The van der Waals surface area contributed by atoms with Gasteiger partial charge in [-0.25, -0.2) is 19.2 Å². The highest BCUT2D eigenvalue weighted by Gasteiger charge is 2.51. The minimum Gasteiger partial charge on any atom is -0.479 e. The molecule has 2 fully saturated rings. The molecule has 0 aromatic carbocycles. The average molecular weight is 517 g/mol. The molecule has 0 bridgehead atoms. The summed E-state index contributed by atoms with van der Waals surface area (Å²) in [6.07, 6.45) is -1.34. The molecule has 7 unspecified atom stereocenters. The van der Waals surface area contributed by atoms with Crippen LogP contribution in [0.2, 0.25) is 0 Å². The van der Waals surface area contributed by atoms with E-state index in [1.807, 2.05) is 12.4 Å². The van der Waals surface area contributed by atoms with Gasteiger partial charge in [0.25, 0.3) is 0 Å². The first-order valence-electron chi connectivity index (χ1n) is 10.8. The van der Waals surface area contributed by atoms with Crippen LogP contribution in [0.5, 0.6) is 0 Å². The van der Waals surface area contributed by atoms with Crippen molar-refractivity contribution in [1.29, 1.82) is 0 Å². The third-order valence-corrected chi connectivity index (χ3v) is 5.48. The minimum absolute atomic E-state index is 0.650. The van der Waals surface area contributed by atoms with Crippen LogP contribution in [-0.2, 0) is 19.2 Å². The van der Waals surface area contributed by atoms with Gasteiger partial charge in [0.2, 0.25) is 0 Å². The number of fused-ring (bicyclic) bond motifs is 1. The number of nitrogens with zero attached hydrogens (tertiary/aromatic N) is 2. The quantitative estimate of drug-likeness (QED) is 0.163. The van der Waals surface area contributed by atoms with E-state index in [2.05, 4.69) is 22.9 Å². The van der Waals surface area contributed by atoms with Crippen molar-refractivity contribution in [2.45, 2.75) is 62.7 Å². The van der Waals surface area contributed by atoms with Gasteiger partial charge < -0.3 is 51.5 Å². The van der Waals surface area contributed by atoms with Crippen molar-refractivity contribution in [1.82, 2.24) is 4.98 Å². The lowest BCUT2D eigenvalue weighted by atomic mass is 10.1. The fourth-order valence-electron chi connectivity index (χ4n) is 3.63. The predicted molar refractivity (Wildman–Crippen MR) is 120 cm³/mol. The molecule has 1 aliphatic heterocycles. The van der Waals surface area contributed by atoms with Crippen LogP contribution in [0.15, 0.2) is 18.5 Å². The van der Waals surface area contributed by atoms with Gasteiger partial charge in [-0.3, -0.25) is 4.98 Å². The minimum atomic E-state index is -2.27. The molecule has 2 heterocycles. The summed E-state index contributed by atoms with van der Waals surface area (Å²) in [7, 11) is 0. The van der Waals surface area contributed by atoms with Gasteiger partial charge in [-0.2, -0.15) is 0 Å². The van der Waals surface area contributed by atoms with Crippen molar-refractivity contribution >= 4 is 29.6 Å². The third kappa shape index (κ3) is 8.69. The van der Waals surface area contributed by atoms with Gasteiger partial charge in [0.1, 0.15) is 0 Å². The van der Waals surface area contributed by atoms with Crippen LogP contribution in [0.4, 0.5) is 5.69 Å². The average Bonchev–Trinajstić information content (AvgIpc) is 3.47. The van der Waals surface area contributed by atoms with Crippen molar-refractivity contribution in [2.24, 2.45) is 11.7 Å². The van der Waals surface area contributed by atoms with E-state index in [1.165, 1.54) is 24.1 Å². The fourth-order valence-corrected chi connectivity index (χ4v) is 3.63. The van der Waals surface area contributed by atoms with Gasteiger partial charge in [0, 0.05) is 18.3 Å². The number of carboxylic acids is 4. The fraction of sp³-hybridized carbons (Fsp3) is 0.571. The van der Waals surface area contributed by atoms with Gasteiger partial charge in [0.15, 0.2) is 24.4 Å². The number of aliphatic hydroxyl groups excluding tert-OH is 4. The highest BCUT2D eigenvalue weighted by Crippen LogP contribution is 2.50. The summed E-state index contributed by atoms with van der Waals surface area (Å²) in [5.74, 6) is -6.15. The lowest BCUT2D eigenvalue weighted by Gasteiger charge is -2.29. The molecule has 0 amide bonds. The third-order valence-electron chi connectivity index (χ3n) is 5.48. The normalized spacial score (nSPS) is 22.8. The Hall–Kier alpha value is -3.37. The molecule has 36 heavy (non-hydrogen) atoms. The van der Waals surface area contributed by atoms with Gasteiger partial charge >= 0.3 is 23.9 Å². The maximum Gasteiger partial charge on any atom is 0.335 e. The molecule has 15 heteroatoms. The van der Waals surface area contributed by atoms with Gasteiger partial charge in [-0.05, 0) is 50.3 Å². The summed E-state index contributed by atoms with van der Waals surface area (Å²) in [6.45, 7) is 2.90. The number of carboxylic acid groups (broad SMARTS) is 4. The van der Waals surface area contributed by atoms with Crippen LogP contribution in [0, 0.1) is 12.8 Å². The van der Waals surface area contributed by atoms with E-state index in [9.17, 15) is 19.2 Å². The summed E-state index contributed by atoms with van der Waals surface area (Å²) >= 11 is 0. The number of aryl methyl sites for hydroxylation is 1. The van der Waals surface area contributed by atoms with Crippen molar-refractivity contribution in [3.05, 3.63) is 24.0 Å². The Kier molecular flexibility index (Phi) is 11.6. The first-order chi connectivity index (χ1) is 16.7. The Morgan fingerprint density at radius 2 is 1.33 bits per heavy atom. The lowest BCUT2D eigenvalue weighted by Crippen LogP contribution is -2.39. The summed E-state index contributed by atoms with van der Waals surface area (Å²) in [5, 5.41) is 65.1. The molecule has 15 nitrogen and oxygen atoms in total. The second kappa shape index (κ2) is 13.6. The standard InChI is InChI=1S/C13H19N3.2C4H6O6/c1-9-4-12(8-15-7-9)16-11(2-3-14)5-10-6-13(10)16;2*5-1(3(7)8)2(6)4(9)10/h4,7-8,10-11,13H,2-3,5-6,14H2,1H3;2*1-2,5-6H,(H,7,8)(H,9,10). The molecular weight excluding hydrogens is 486 g/mol. The predicted octanol–water partition coefficient (Wildman–Crippen LogP) is -2.54. The van der Waals surface area contributed by atoms with Crippen molar-refractivity contribution in [3.63, 3.8) is 0 Å². The van der Waals surface area contributed by atoms with Crippen LogP contribution in [0.3, 0.4) is 0 Å². The zero-order valence-corrected chi connectivity index (χ0v) is 19.3. The molecule has 7 atom stereocenters. The topological polar surface area (TPSA) is 272 Å². The van der Waals surface area contributed by atoms with Crippen molar-refractivity contribution in [2.75, 3.05) is 11.4 Å². The zero-order valence-electron chi connectivity index (χ0n) is 19.3. The Morgan fingerprint density at radius 3 is 1.69 bits per heavy atom. The van der Waals surface area contributed by atoms with Gasteiger partial charge in [-0.1, -0.05) is 0 Å². The van der Waals surface area contributed by atoms with Crippen LogP contribution in [-0.4, -0.2) is 113 Å². The Morgan fingerprint density at radius 1 is 0.889 bits per heavy atom. The molecule has 0 spiro atoms. The molecule has 1 aromatic heterocycles. The number of rotatable bonds is 9. The molecule has 1 aromatic rings. The summed E-state index contributed by atoms with van der Waals surface area (Å²) < 4.78 is 0. The number of anilines is 1. The molecule has 3 rings (SSSR count). The van der Waals surface area contributed by atoms with E-state index in [0.29, 0.717) is 6.04 Å². The first kappa shape index (κ1) is 30.7. The second-order valence-corrected chi connectivity index (χ2v) is 8.29. The molecular formula is C21H31N3O12. The van der Waals surface area contributed by atoms with Gasteiger partial charge in [0.05, 0.1) is 11.9 Å². The van der Waals surface area contributed by atoms with E-state index >= 15 is 0 Å². The largest absolute Gasteiger partial charge is 0.479 e. The SMILES string of the molecule is Cc1cncc(N2C(CCN)CC3CC32)c1.O=C(O)C(O)C(O)C(=O)O.O=C(O)C(O)C(O)C(=O)O. The van der Waals surface area contributed by atoms with Crippen LogP contribution >= 0.6 is 0 Å². The lowest BCUT2D eigenvalue weighted by molar-refractivity contribution is -0.165. The van der Waals surface area contributed by atoms with Crippen molar-refractivity contribution < 1.29 is 60.0 Å². The van der Waals surface area contributed by atoms with E-state index in [-0.39, 0.29) is 0 Å². The van der Waals surface area contributed by atoms with Gasteiger partial charge in [-0.15, -0.1) is 0 Å². The first-order valence-corrected chi connectivity index (χ1v) is 10.8. The monoisotopic (exact) mass is 517 g/mol. The molecule has 2 aliphatic rings. The number of piperidine rings is 1. The number of nitrogens with two attached hydrogens (primary N) is 1. The molecule has 0 radical (unpaired) electrons.